The van der Waals surface area contributed by atoms with Crippen LogP contribution in [0.4, 0.5) is 5.69 Å². The van der Waals surface area contributed by atoms with Crippen LogP contribution in [0.3, 0.4) is 0 Å². The van der Waals surface area contributed by atoms with Gasteiger partial charge in [0.25, 0.3) is 11.5 Å². The van der Waals surface area contributed by atoms with Crippen LogP contribution in [0.2, 0.25) is 0 Å². The topological polar surface area (TPSA) is 73.5 Å². The number of aromatic nitrogens is 1. The van der Waals surface area contributed by atoms with Gasteiger partial charge in [-0.05, 0) is 19.1 Å². The number of pyridine rings is 1. The van der Waals surface area contributed by atoms with Crippen LogP contribution in [0.5, 0.6) is 0 Å². The van der Waals surface area contributed by atoms with E-state index in [9.17, 15) is 9.59 Å². The zero-order valence-electron chi connectivity index (χ0n) is 11.4. The number of ether oxygens (including phenoxy) is 1. The number of rotatable bonds is 5. The van der Waals surface area contributed by atoms with Gasteiger partial charge in [-0.1, -0.05) is 0 Å². The van der Waals surface area contributed by atoms with Gasteiger partial charge in [0.15, 0.2) is 0 Å². The maximum atomic E-state index is 12.0. The van der Waals surface area contributed by atoms with Crippen LogP contribution in [-0.2, 0) is 11.3 Å². The monoisotopic (exact) mass is 276 g/mol. The number of carbonyl (C=O) groups excluding carboxylic acids is 1. The number of nitrogens with one attached hydrogen (secondary N) is 1. The summed E-state index contributed by atoms with van der Waals surface area (Å²) in [5, 5.41) is 2.73. The molecule has 106 valence electrons. The Hall–Kier alpha value is -2.34. The lowest BCUT2D eigenvalue weighted by Gasteiger charge is -2.08. The minimum atomic E-state index is -0.270. The smallest absolute Gasteiger partial charge is 0.259 e. The molecule has 6 heteroatoms. The highest BCUT2D eigenvalue weighted by Gasteiger charge is 2.11. The van der Waals surface area contributed by atoms with E-state index in [0.717, 1.165) is 0 Å². The maximum Gasteiger partial charge on any atom is 0.259 e. The third-order valence-corrected chi connectivity index (χ3v) is 2.88. The van der Waals surface area contributed by atoms with Gasteiger partial charge in [-0.2, -0.15) is 0 Å². The Morgan fingerprint density at radius 3 is 2.85 bits per heavy atom. The molecule has 0 aliphatic rings. The van der Waals surface area contributed by atoms with Crippen LogP contribution in [0.25, 0.3) is 0 Å². The molecule has 0 saturated heterocycles. The summed E-state index contributed by atoms with van der Waals surface area (Å²) < 4.78 is 11.5. The van der Waals surface area contributed by atoms with Crippen molar-refractivity contribution < 1.29 is 13.9 Å². The van der Waals surface area contributed by atoms with E-state index < -0.39 is 0 Å². The average molecular weight is 276 g/mol. The highest BCUT2D eigenvalue weighted by molar-refractivity contribution is 6.04. The summed E-state index contributed by atoms with van der Waals surface area (Å²) in [7, 11) is 1.57. The maximum absolute atomic E-state index is 12.0. The second-order valence-electron chi connectivity index (χ2n) is 4.29. The Balaban J connectivity index is 2.15. The predicted molar refractivity (Wildman–Crippen MR) is 74.0 cm³/mol. The molecule has 0 radical (unpaired) electrons. The van der Waals surface area contributed by atoms with Crippen molar-refractivity contribution in [1.82, 2.24) is 4.57 Å². The number of amides is 1. The minimum Gasteiger partial charge on any atom is -0.469 e. The van der Waals surface area contributed by atoms with E-state index in [4.69, 9.17) is 9.15 Å². The summed E-state index contributed by atoms with van der Waals surface area (Å²) in [4.78, 5) is 23.6. The van der Waals surface area contributed by atoms with E-state index in [0.29, 0.717) is 30.2 Å². The molecule has 0 aromatic carbocycles. The van der Waals surface area contributed by atoms with Gasteiger partial charge in [-0.25, -0.2) is 0 Å². The molecule has 1 N–H and O–H groups in total. The van der Waals surface area contributed by atoms with Gasteiger partial charge in [-0.3, -0.25) is 9.59 Å². The Morgan fingerprint density at radius 1 is 1.40 bits per heavy atom. The van der Waals surface area contributed by atoms with E-state index in [1.807, 2.05) is 0 Å². The molecule has 0 bridgehead atoms. The molecule has 1 amide bonds. The van der Waals surface area contributed by atoms with E-state index in [1.165, 1.54) is 16.9 Å². The molecule has 0 saturated carbocycles. The standard InChI is InChI=1S/C14H16N2O4/c1-10-12(5-7-20-10)14(18)15-11-3-4-13(17)16(9-11)6-8-19-2/h3-5,7,9H,6,8H2,1-2H3,(H,15,18). The van der Waals surface area contributed by atoms with Crippen LogP contribution in [-0.4, -0.2) is 24.2 Å². The van der Waals surface area contributed by atoms with Gasteiger partial charge in [0.2, 0.25) is 0 Å². The molecular formula is C14H16N2O4. The van der Waals surface area contributed by atoms with Crippen LogP contribution < -0.4 is 10.9 Å². The van der Waals surface area contributed by atoms with Crippen molar-refractivity contribution in [3.8, 4) is 0 Å². The van der Waals surface area contributed by atoms with Gasteiger partial charge in [0.1, 0.15) is 5.76 Å². The SMILES string of the molecule is COCCn1cc(NC(=O)c2ccoc2C)ccc1=O. The summed E-state index contributed by atoms with van der Waals surface area (Å²) in [6.07, 6.45) is 3.05. The molecule has 6 nitrogen and oxygen atoms in total. The Labute approximate surface area is 116 Å². The molecule has 0 atom stereocenters. The first-order valence-electron chi connectivity index (χ1n) is 6.16. The normalized spacial score (nSPS) is 10.5. The van der Waals surface area contributed by atoms with Gasteiger partial charge in [0, 0.05) is 25.9 Å². The van der Waals surface area contributed by atoms with E-state index in [1.54, 1.807) is 32.4 Å². The zero-order chi connectivity index (χ0) is 14.5. The number of aryl methyl sites for hydroxylation is 1. The molecule has 20 heavy (non-hydrogen) atoms. The van der Waals surface area contributed by atoms with Gasteiger partial charge < -0.3 is 19.0 Å². The molecule has 0 spiro atoms. The molecule has 0 aliphatic heterocycles. The highest BCUT2D eigenvalue weighted by Crippen LogP contribution is 2.12. The number of nitrogens with zero attached hydrogens (tertiary/aromatic N) is 1. The molecule has 0 aliphatic carbocycles. The van der Waals surface area contributed by atoms with Crippen LogP contribution in [0.15, 0.2) is 39.9 Å². The fraction of sp³-hybridized carbons (Fsp3) is 0.286. The van der Waals surface area contributed by atoms with Crippen LogP contribution in [0.1, 0.15) is 16.1 Å². The van der Waals surface area contributed by atoms with Gasteiger partial charge >= 0.3 is 0 Å². The average Bonchev–Trinajstić information content (AvgIpc) is 2.85. The molecule has 2 aromatic rings. The van der Waals surface area contributed by atoms with Gasteiger partial charge in [0.05, 0.1) is 24.1 Å². The first-order valence-corrected chi connectivity index (χ1v) is 6.16. The minimum absolute atomic E-state index is 0.139. The molecule has 0 fully saturated rings. The number of methoxy groups -OCH3 is 1. The van der Waals surface area contributed by atoms with Crippen molar-refractivity contribution in [3.63, 3.8) is 0 Å². The third kappa shape index (κ3) is 3.16. The van der Waals surface area contributed by atoms with Gasteiger partial charge in [-0.15, -0.1) is 0 Å². The van der Waals surface area contributed by atoms with Crippen molar-refractivity contribution in [3.05, 3.63) is 52.3 Å². The predicted octanol–water partition coefficient (Wildman–Crippen LogP) is 1.65. The second-order valence-corrected chi connectivity index (χ2v) is 4.29. The zero-order valence-corrected chi connectivity index (χ0v) is 11.4. The lowest BCUT2D eigenvalue weighted by molar-refractivity contribution is 0.102. The number of hydrogen-bond donors (Lipinski definition) is 1. The summed E-state index contributed by atoms with van der Waals surface area (Å²) in [5.41, 5.74) is 0.880. The number of anilines is 1. The summed E-state index contributed by atoms with van der Waals surface area (Å²) in [6, 6.07) is 4.58. The lowest BCUT2D eigenvalue weighted by Crippen LogP contribution is -2.22. The fourth-order valence-electron chi connectivity index (χ4n) is 1.79. The molecule has 0 unspecified atom stereocenters. The first kappa shape index (κ1) is 14.1. The number of carbonyl (C=O) groups is 1. The highest BCUT2D eigenvalue weighted by atomic mass is 16.5. The quantitative estimate of drug-likeness (QED) is 0.901. The van der Waals surface area contributed by atoms with E-state index in [-0.39, 0.29) is 11.5 Å². The van der Waals surface area contributed by atoms with Crippen molar-refractivity contribution in [2.45, 2.75) is 13.5 Å². The third-order valence-electron chi connectivity index (χ3n) is 2.88. The van der Waals surface area contributed by atoms with E-state index in [2.05, 4.69) is 5.32 Å². The molecule has 2 aromatic heterocycles. The van der Waals surface area contributed by atoms with Crippen molar-refractivity contribution in [1.29, 1.82) is 0 Å². The second kappa shape index (κ2) is 6.21. The fourth-order valence-corrected chi connectivity index (χ4v) is 1.79. The molecular weight excluding hydrogens is 260 g/mol. The lowest BCUT2D eigenvalue weighted by atomic mass is 10.2. The molecule has 2 heterocycles. The molecule has 2 rings (SSSR count). The summed E-state index contributed by atoms with van der Waals surface area (Å²) in [5.74, 6) is 0.281. The number of furan rings is 1. The summed E-state index contributed by atoms with van der Waals surface area (Å²) in [6.45, 7) is 2.58. The van der Waals surface area contributed by atoms with Crippen molar-refractivity contribution in [2.24, 2.45) is 0 Å². The van der Waals surface area contributed by atoms with Crippen molar-refractivity contribution in [2.75, 3.05) is 19.0 Å². The Morgan fingerprint density at radius 2 is 2.20 bits per heavy atom. The van der Waals surface area contributed by atoms with Crippen LogP contribution in [0, 0.1) is 6.92 Å². The Bertz CT molecular complexity index is 657. The van der Waals surface area contributed by atoms with E-state index >= 15 is 0 Å². The van der Waals surface area contributed by atoms with Crippen LogP contribution >= 0.6 is 0 Å². The number of hydrogen-bond acceptors (Lipinski definition) is 4. The van der Waals surface area contributed by atoms with Crippen molar-refractivity contribution >= 4 is 11.6 Å². The largest absolute Gasteiger partial charge is 0.469 e. The summed E-state index contributed by atoms with van der Waals surface area (Å²) >= 11 is 0. The Kier molecular flexibility index (Phi) is 4.37. The first-order chi connectivity index (χ1) is 9.61.